The molecule has 0 saturated carbocycles. The normalized spacial score (nSPS) is 10.6. The van der Waals surface area contributed by atoms with Crippen LogP contribution in [0, 0.1) is 0 Å². The van der Waals surface area contributed by atoms with Crippen molar-refractivity contribution in [1.82, 2.24) is 14.9 Å². The van der Waals surface area contributed by atoms with Crippen LogP contribution >= 0.6 is 0 Å². The molecule has 4 heteroatoms. The number of hydrogen-bond donors (Lipinski definition) is 1. The Hall–Kier alpha value is -0.870. The van der Waals surface area contributed by atoms with Crippen molar-refractivity contribution in [2.45, 2.75) is 19.4 Å². The molecule has 0 aromatic carbocycles. The summed E-state index contributed by atoms with van der Waals surface area (Å²) in [5, 5.41) is 3.38. The fourth-order valence-corrected chi connectivity index (χ4v) is 1.25. The highest BCUT2D eigenvalue weighted by atomic mass is 16.5. The van der Waals surface area contributed by atoms with E-state index in [2.05, 4.69) is 14.9 Å². The van der Waals surface area contributed by atoms with E-state index in [0.717, 1.165) is 32.7 Å². The van der Waals surface area contributed by atoms with Crippen LogP contribution in [0.25, 0.3) is 0 Å². The van der Waals surface area contributed by atoms with Gasteiger partial charge in [0.05, 0.1) is 6.33 Å². The van der Waals surface area contributed by atoms with Gasteiger partial charge in [0.1, 0.15) is 0 Å². The maximum Gasteiger partial charge on any atom is 0.0946 e. The van der Waals surface area contributed by atoms with Crippen LogP contribution in [0.3, 0.4) is 0 Å². The average Bonchev–Trinajstić information content (AvgIpc) is 2.69. The zero-order chi connectivity index (χ0) is 10.1. The highest BCUT2D eigenvalue weighted by Gasteiger charge is 1.90. The Morgan fingerprint density at radius 2 is 2.29 bits per heavy atom. The summed E-state index contributed by atoms with van der Waals surface area (Å²) in [4.78, 5) is 3.98. The van der Waals surface area contributed by atoms with Crippen LogP contribution in [0.15, 0.2) is 18.7 Å². The second kappa shape index (κ2) is 7.53. The van der Waals surface area contributed by atoms with Crippen molar-refractivity contribution in [3.05, 3.63) is 18.7 Å². The molecule has 1 rings (SSSR count). The second-order valence-electron chi connectivity index (χ2n) is 3.25. The fourth-order valence-electron chi connectivity index (χ4n) is 1.25. The largest absolute Gasteiger partial charge is 0.385 e. The molecule has 0 bridgehead atoms. The van der Waals surface area contributed by atoms with Gasteiger partial charge < -0.3 is 14.6 Å². The summed E-state index contributed by atoms with van der Waals surface area (Å²) >= 11 is 0. The first-order chi connectivity index (χ1) is 6.93. The van der Waals surface area contributed by atoms with Gasteiger partial charge in [-0.3, -0.25) is 0 Å². The van der Waals surface area contributed by atoms with Crippen LogP contribution in [0.1, 0.15) is 12.8 Å². The number of aromatic nitrogens is 2. The van der Waals surface area contributed by atoms with Gasteiger partial charge >= 0.3 is 0 Å². The zero-order valence-corrected chi connectivity index (χ0v) is 8.78. The summed E-state index contributed by atoms with van der Waals surface area (Å²) in [6.07, 6.45) is 7.93. The Balaban J connectivity index is 1.85. The summed E-state index contributed by atoms with van der Waals surface area (Å²) < 4.78 is 7.04. The highest BCUT2D eigenvalue weighted by molar-refractivity contribution is 4.73. The number of rotatable bonds is 8. The van der Waals surface area contributed by atoms with Crippen molar-refractivity contribution in [2.24, 2.45) is 0 Å². The third-order valence-electron chi connectivity index (χ3n) is 2.06. The van der Waals surface area contributed by atoms with E-state index >= 15 is 0 Å². The Bertz CT molecular complexity index is 211. The molecule has 1 aromatic heterocycles. The molecule has 0 fully saturated rings. The molecule has 0 saturated heterocycles. The Morgan fingerprint density at radius 1 is 1.36 bits per heavy atom. The van der Waals surface area contributed by atoms with Gasteiger partial charge in [0.25, 0.3) is 0 Å². The van der Waals surface area contributed by atoms with E-state index < -0.39 is 0 Å². The molecular weight excluding hydrogens is 178 g/mol. The number of imidazole rings is 1. The number of nitrogens with one attached hydrogen (secondary N) is 1. The summed E-state index contributed by atoms with van der Waals surface area (Å²) in [5.74, 6) is 0. The SMILES string of the molecule is COCCCCNCCn1ccnc1. The standard InChI is InChI=1S/C10H19N3O/c1-14-9-3-2-4-11-5-7-13-8-6-12-10-13/h6,8,10-11H,2-5,7,9H2,1H3. The van der Waals surface area contributed by atoms with Crippen LogP contribution in [-0.2, 0) is 11.3 Å². The fraction of sp³-hybridized carbons (Fsp3) is 0.700. The smallest absolute Gasteiger partial charge is 0.0946 e. The molecule has 0 aliphatic heterocycles. The molecule has 0 atom stereocenters. The number of hydrogen-bond acceptors (Lipinski definition) is 3. The molecule has 0 radical (unpaired) electrons. The van der Waals surface area contributed by atoms with E-state index in [1.54, 1.807) is 13.3 Å². The minimum atomic E-state index is 0.864. The molecule has 0 aliphatic carbocycles. The van der Waals surface area contributed by atoms with Crippen molar-refractivity contribution in [3.63, 3.8) is 0 Å². The molecule has 80 valence electrons. The summed E-state index contributed by atoms with van der Waals surface area (Å²) in [7, 11) is 1.74. The van der Waals surface area contributed by atoms with E-state index in [1.165, 1.54) is 6.42 Å². The maximum atomic E-state index is 4.97. The van der Waals surface area contributed by atoms with Crippen molar-refractivity contribution in [2.75, 3.05) is 26.8 Å². The Kier molecular flexibility index (Phi) is 6.02. The molecular formula is C10H19N3O. The molecule has 1 N–H and O–H groups in total. The van der Waals surface area contributed by atoms with Crippen molar-refractivity contribution >= 4 is 0 Å². The first-order valence-corrected chi connectivity index (χ1v) is 5.09. The van der Waals surface area contributed by atoms with E-state index in [0.29, 0.717) is 0 Å². The van der Waals surface area contributed by atoms with E-state index in [9.17, 15) is 0 Å². The Morgan fingerprint density at radius 3 is 3.00 bits per heavy atom. The van der Waals surface area contributed by atoms with E-state index in [-0.39, 0.29) is 0 Å². The molecule has 4 nitrogen and oxygen atoms in total. The van der Waals surface area contributed by atoms with Crippen molar-refractivity contribution in [3.8, 4) is 0 Å². The van der Waals surface area contributed by atoms with Crippen molar-refractivity contribution < 1.29 is 4.74 Å². The first kappa shape index (κ1) is 11.2. The highest BCUT2D eigenvalue weighted by Crippen LogP contribution is 1.87. The topological polar surface area (TPSA) is 39.1 Å². The summed E-state index contributed by atoms with van der Waals surface area (Å²) in [6, 6.07) is 0. The lowest BCUT2D eigenvalue weighted by atomic mass is 10.3. The number of unbranched alkanes of at least 4 members (excludes halogenated alkanes) is 1. The third-order valence-corrected chi connectivity index (χ3v) is 2.06. The maximum absolute atomic E-state index is 4.97. The molecule has 0 aliphatic rings. The van der Waals surface area contributed by atoms with Crippen LogP contribution in [-0.4, -0.2) is 36.4 Å². The lowest BCUT2D eigenvalue weighted by molar-refractivity contribution is 0.192. The predicted octanol–water partition coefficient (Wildman–Crippen LogP) is 0.899. The van der Waals surface area contributed by atoms with E-state index in [1.807, 2.05) is 12.5 Å². The average molecular weight is 197 g/mol. The van der Waals surface area contributed by atoms with Gasteiger partial charge in [-0.15, -0.1) is 0 Å². The summed E-state index contributed by atoms with van der Waals surface area (Å²) in [6.45, 7) is 3.93. The number of methoxy groups -OCH3 is 1. The molecule has 14 heavy (non-hydrogen) atoms. The zero-order valence-electron chi connectivity index (χ0n) is 8.78. The quantitative estimate of drug-likeness (QED) is 0.629. The lowest BCUT2D eigenvalue weighted by Crippen LogP contribution is -2.20. The van der Waals surface area contributed by atoms with Crippen LogP contribution in [0.4, 0.5) is 0 Å². The lowest BCUT2D eigenvalue weighted by Gasteiger charge is -2.04. The molecule has 1 aromatic rings. The number of nitrogens with zero attached hydrogens (tertiary/aromatic N) is 2. The van der Waals surface area contributed by atoms with Crippen LogP contribution < -0.4 is 5.32 Å². The monoisotopic (exact) mass is 197 g/mol. The molecule has 0 spiro atoms. The first-order valence-electron chi connectivity index (χ1n) is 5.09. The van der Waals surface area contributed by atoms with Crippen molar-refractivity contribution in [1.29, 1.82) is 0 Å². The third kappa shape index (κ3) is 4.99. The molecule has 0 unspecified atom stereocenters. The van der Waals surface area contributed by atoms with E-state index in [4.69, 9.17) is 4.74 Å². The predicted molar refractivity (Wildman–Crippen MR) is 56.2 cm³/mol. The van der Waals surface area contributed by atoms with Gasteiger partial charge in [0.2, 0.25) is 0 Å². The van der Waals surface area contributed by atoms with Gasteiger partial charge in [-0.05, 0) is 19.4 Å². The molecule has 1 heterocycles. The van der Waals surface area contributed by atoms with Crippen LogP contribution in [0.2, 0.25) is 0 Å². The number of ether oxygens (including phenoxy) is 1. The summed E-state index contributed by atoms with van der Waals surface area (Å²) in [5.41, 5.74) is 0. The van der Waals surface area contributed by atoms with Gasteiger partial charge in [-0.1, -0.05) is 0 Å². The van der Waals surface area contributed by atoms with Gasteiger partial charge in [-0.25, -0.2) is 4.98 Å². The second-order valence-corrected chi connectivity index (χ2v) is 3.25. The Labute approximate surface area is 85.3 Å². The molecule has 0 amide bonds. The van der Waals surface area contributed by atoms with Gasteiger partial charge in [0, 0.05) is 39.2 Å². The minimum Gasteiger partial charge on any atom is -0.385 e. The van der Waals surface area contributed by atoms with Crippen LogP contribution in [0.5, 0.6) is 0 Å². The van der Waals surface area contributed by atoms with Gasteiger partial charge in [0.15, 0.2) is 0 Å². The van der Waals surface area contributed by atoms with Gasteiger partial charge in [-0.2, -0.15) is 0 Å². The minimum absolute atomic E-state index is 0.864.